The third-order valence-corrected chi connectivity index (χ3v) is 4.22. The van der Waals surface area contributed by atoms with Crippen LogP contribution < -0.4 is 17.0 Å². The zero-order valence-electron chi connectivity index (χ0n) is 12.7. The van der Waals surface area contributed by atoms with Crippen LogP contribution in [0.4, 0.5) is 5.95 Å². The Morgan fingerprint density at radius 2 is 2.21 bits per heavy atom. The van der Waals surface area contributed by atoms with Gasteiger partial charge in [0.1, 0.15) is 12.6 Å². The fraction of sp³-hybridized carbons (Fsp3) is 0.538. The summed E-state index contributed by atoms with van der Waals surface area (Å²) in [6.07, 6.45) is -2.94. The summed E-state index contributed by atoms with van der Waals surface area (Å²) in [5, 5.41) is 28.6. The molecule has 1 aliphatic heterocycles. The number of ether oxygens (including phenoxy) is 1. The van der Waals surface area contributed by atoms with Crippen molar-refractivity contribution < 1.29 is 14.9 Å². The minimum Gasteiger partial charge on any atom is -0.394 e. The molecule has 0 saturated carbocycles. The number of hydrogen-bond acceptors (Lipinski definition) is 8. The number of aromatic nitrogens is 4. The highest BCUT2D eigenvalue weighted by atomic mass is 16.5. The molecular formula is C13H16N6O5. The molecule has 3 rings (SSSR count). The molecule has 1 aliphatic rings. The Hall–Kier alpha value is -2.68. The second kappa shape index (κ2) is 5.75. The number of nitrogens with zero attached hydrogens (tertiary/aromatic N) is 4. The Bertz CT molecular complexity index is 937. The molecule has 1 fully saturated rings. The zero-order valence-corrected chi connectivity index (χ0v) is 12.7. The van der Waals surface area contributed by atoms with Crippen LogP contribution in [0.2, 0.25) is 0 Å². The van der Waals surface area contributed by atoms with Crippen molar-refractivity contribution in [2.75, 3.05) is 12.3 Å². The lowest BCUT2D eigenvalue weighted by Gasteiger charge is -2.16. The molecule has 2 aromatic heterocycles. The van der Waals surface area contributed by atoms with Crippen LogP contribution in [-0.4, -0.2) is 48.1 Å². The quantitative estimate of drug-likeness (QED) is 0.492. The van der Waals surface area contributed by atoms with Crippen molar-refractivity contribution in [1.29, 1.82) is 5.26 Å². The van der Waals surface area contributed by atoms with Crippen molar-refractivity contribution in [3.05, 3.63) is 20.8 Å². The van der Waals surface area contributed by atoms with E-state index in [0.717, 1.165) is 9.13 Å². The molecule has 0 amide bonds. The van der Waals surface area contributed by atoms with Gasteiger partial charge in [-0.3, -0.25) is 14.3 Å². The highest BCUT2D eigenvalue weighted by Gasteiger charge is 2.43. The summed E-state index contributed by atoms with van der Waals surface area (Å²) in [5.41, 5.74) is 3.91. The molecule has 2 aromatic rings. The molecule has 4 atom stereocenters. The number of aromatic amines is 1. The Labute approximate surface area is 134 Å². The number of nitrogens with two attached hydrogens (primary N) is 1. The summed E-state index contributed by atoms with van der Waals surface area (Å²) in [5.74, 6) is -0.657. The molecule has 11 nitrogen and oxygen atoms in total. The van der Waals surface area contributed by atoms with Crippen molar-refractivity contribution in [3.63, 3.8) is 0 Å². The highest BCUT2D eigenvalue weighted by molar-refractivity contribution is 5.72. The predicted molar refractivity (Wildman–Crippen MR) is 80.8 cm³/mol. The van der Waals surface area contributed by atoms with Crippen LogP contribution in [0.15, 0.2) is 9.59 Å². The molecule has 3 heterocycles. The van der Waals surface area contributed by atoms with E-state index in [1.807, 2.05) is 0 Å². The number of rotatable bonds is 3. The van der Waals surface area contributed by atoms with Crippen LogP contribution in [0.3, 0.4) is 0 Å². The summed E-state index contributed by atoms with van der Waals surface area (Å²) in [6, 6.07) is 1.80. The number of aliphatic hydroxyl groups excluding tert-OH is 2. The van der Waals surface area contributed by atoms with E-state index in [9.17, 15) is 19.8 Å². The van der Waals surface area contributed by atoms with Gasteiger partial charge in [-0.25, -0.2) is 9.36 Å². The summed E-state index contributed by atoms with van der Waals surface area (Å²) < 4.78 is 7.49. The first kappa shape index (κ1) is 16.2. The Morgan fingerprint density at radius 1 is 1.50 bits per heavy atom. The van der Waals surface area contributed by atoms with Crippen LogP contribution in [0.1, 0.15) is 13.2 Å². The molecule has 0 radical (unpaired) electrons. The second-order valence-corrected chi connectivity index (χ2v) is 5.62. The molecule has 0 aromatic carbocycles. The molecule has 128 valence electrons. The van der Waals surface area contributed by atoms with Gasteiger partial charge in [-0.05, 0) is 0 Å². The molecule has 1 saturated heterocycles. The van der Waals surface area contributed by atoms with Gasteiger partial charge >= 0.3 is 5.69 Å². The van der Waals surface area contributed by atoms with Crippen LogP contribution in [0.5, 0.6) is 0 Å². The van der Waals surface area contributed by atoms with E-state index < -0.39 is 35.6 Å². The number of nitrogens with one attached hydrogen (secondary N) is 1. The summed E-state index contributed by atoms with van der Waals surface area (Å²) in [6.45, 7) is 0.953. The minimum atomic E-state index is -1.15. The number of anilines is 1. The summed E-state index contributed by atoms with van der Waals surface area (Å²) in [4.78, 5) is 31.0. The van der Waals surface area contributed by atoms with Crippen molar-refractivity contribution in [1.82, 2.24) is 19.1 Å². The average Bonchev–Trinajstić information content (AvgIpc) is 2.96. The third kappa shape index (κ3) is 2.20. The fourth-order valence-corrected chi connectivity index (χ4v) is 2.93. The maximum Gasteiger partial charge on any atom is 0.333 e. The van der Waals surface area contributed by atoms with Gasteiger partial charge in [0.05, 0.1) is 18.8 Å². The van der Waals surface area contributed by atoms with Gasteiger partial charge in [-0.15, -0.1) is 0 Å². The first-order valence-corrected chi connectivity index (χ1v) is 7.22. The van der Waals surface area contributed by atoms with Gasteiger partial charge in [0, 0.05) is 5.92 Å². The van der Waals surface area contributed by atoms with Gasteiger partial charge < -0.3 is 20.7 Å². The van der Waals surface area contributed by atoms with E-state index in [1.54, 1.807) is 13.0 Å². The van der Waals surface area contributed by atoms with Crippen LogP contribution in [0, 0.1) is 17.2 Å². The number of hydrogen-bond donors (Lipinski definition) is 4. The number of aliphatic hydroxyl groups is 2. The molecule has 4 unspecified atom stereocenters. The fourth-order valence-electron chi connectivity index (χ4n) is 2.93. The monoisotopic (exact) mass is 336 g/mol. The van der Waals surface area contributed by atoms with E-state index in [4.69, 9.17) is 15.7 Å². The lowest BCUT2D eigenvalue weighted by Crippen LogP contribution is -2.33. The zero-order chi connectivity index (χ0) is 17.6. The SMILES string of the molecule is CC1C(CO)OC(n2c(=O)n(CC#N)c3c(=O)[nH]c(N)nc32)C1O. The van der Waals surface area contributed by atoms with E-state index in [1.165, 1.54) is 0 Å². The Kier molecular flexibility index (Phi) is 3.88. The lowest BCUT2D eigenvalue weighted by molar-refractivity contribution is -0.0509. The predicted octanol–water partition coefficient (Wildman–Crippen LogP) is -2.12. The molecule has 0 spiro atoms. The van der Waals surface area contributed by atoms with Crippen molar-refractivity contribution in [3.8, 4) is 6.07 Å². The first-order chi connectivity index (χ1) is 11.4. The van der Waals surface area contributed by atoms with Gasteiger partial charge in [-0.1, -0.05) is 6.92 Å². The summed E-state index contributed by atoms with van der Waals surface area (Å²) in [7, 11) is 0. The Balaban J connectivity index is 2.30. The second-order valence-electron chi connectivity index (χ2n) is 5.62. The number of fused-ring (bicyclic) bond motifs is 1. The maximum absolute atomic E-state index is 12.7. The van der Waals surface area contributed by atoms with Crippen LogP contribution >= 0.6 is 0 Å². The number of nitriles is 1. The standard InChI is InChI=1S/C13H16N6O5/c1-5-6(4-20)24-11(8(5)21)19-9-7(10(22)17-12(15)16-9)18(3-2-14)13(19)23/h5-6,8,11,20-21H,3-4H2,1H3,(H3,15,16,17,22). The van der Waals surface area contributed by atoms with E-state index >= 15 is 0 Å². The highest BCUT2D eigenvalue weighted by Crippen LogP contribution is 2.34. The van der Waals surface area contributed by atoms with Gasteiger partial charge in [0.25, 0.3) is 5.56 Å². The lowest BCUT2D eigenvalue weighted by atomic mass is 10.0. The number of H-pyrrole nitrogens is 1. The number of nitrogen functional groups attached to an aromatic ring is 1. The first-order valence-electron chi connectivity index (χ1n) is 7.22. The van der Waals surface area contributed by atoms with Gasteiger partial charge in [-0.2, -0.15) is 10.2 Å². The topological polar surface area (TPSA) is 172 Å². The Morgan fingerprint density at radius 3 is 2.79 bits per heavy atom. The van der Waals surface area contributed by atoms with Crippen molar-refractivity contribution in [2.45, 2.75) is 31.9 Å². The van der Waals surface area contributed by atoms with Gasteiger partial charge in [0.15, 0.2) is 17.4 Å². The molecule has 5 N–H and O–H groups in total. The molecule has 0 aliphatic carbocycles. The smallest absolute Gasteiger partial charge is 0.333 e. The van der Waals surface area contributed by atoms with Crippen molar-refractivity contribution in [2.24, 2.45) is 5.92 Å². The normalized spacial score (nSPS) is 26.8. The van der Waals surface area contributed by atoms with Crippen LogP contribution in [0.25, 0.3) is 11.2 Å². The minimum absolute atomic E-state index is 0.0914. The van der Waals surface area contributed by atoms with E-state index in [0.29, 0.717) is 0 Å². The maximum atomic E-state index is 12.7. The average molecular weight is 336 g/mol. The van der Waals surface area contributed by atoms with E-state index in [-0.39, 0.29) is 30.3 Å². The summed E-state index contributed by atoms with van der Waals surface area (Å²) >= 11 is 0. The van der Waals surface area contributed by atoms with Crippen LogP contribution in [-0.2, 0) is 11.3 Å². The molecular weight excluding hydrogens is 320 g/mol. The third-order valence-electron chi connectivity index (χ3n) is 4.22. The van der Waals surface area contributed by atoms with Gasteiger partial charge in [0.2, 0.25) is 5.95 Å². The van der Waals surface area contributed by atoms with E-state index in [2.05, 4.69) is 9.97 Å². The number of imidazole rings is 1. The molecule has 24 heavy (non-hydrogen) atoms. The largest absolute Gasteiger partial charge is 0.394 e. The molecule has 11 heteroatoms. The molecule has 0 bridgehead atoms. The van der Waals surface area contributed by atoms with Crippen molar-refractivity contribution >= 4 is 17.1 Å².